The number of aromatic nitrogens is 2. The molecule has 2 saturated heterocycles. The molecule has 10 heteroatoms. The minimum Gasteiger partial charge on any atom is -0.373 e. The van der Waals surface area contributed by atoms with Crippen molar-refractivity contribution in [1.29, 1.82) is 0 Å². The van der Waals surface area contributed by atoms with E-state index in [9.17, 15) is 19.7 Å². The predicted molar refractivity (Wildman–Crippen MR) is 126 cm³/mol. The van der Waals surface area contributed by atoms with E-state index >= 15 is 0 Å². The topological polar surface area (TPSA) is 111 Å². The number of ether oxygens (including phenoxy) is 1. The fourth-order valence-corrected chi connectivity index (χ4v) is 5.00. The Kier molecular flexibility index (Phi) is 7.08. The number of nitrogens with zero attached hydrogens (tertiary/aromatic N) is 5. The lowest BCUT2D eigenvalue weighted by Crippen LogP contribution is -2.49. The maximum absolute atomic E-state index is 13.2. The zero-order chi connectivity index (χ0) is 24.4. The first kappa shape index (κ1) is 24.0. The van der Waals surface area contributed by atoms with Crippen LogP contribution >= 0.6 is 0 Å². The fourth-order valence-electron chi connectivity index (χ4n) is 5.00. The molecule has 0 saturated carbocycles. The number of para-hydroxylation sites is 2. The third-order valence-electron chi connectivity index (χ3n) is 6.53. The molecule has 0 spiro atoms. The molecule has 34 heavy (non-hydrogen) atoms. The molecule has 2 atom stereocenters. The number of carbonyl (C=O) groups excluding carboxylic acids is 1. The smallest absolute Gasteiger partial charge is 0.294 e. The highest BCUT2D eigenvalue weighted by atomic mass is 16.6. The Labute approximate surface area is 198 Å². The van der Waals surface area contributed by atoms with Crippen molar-refractivity contribution in [3.63, 3.8) is 0 Å². The van der Waals surface area contributed by atoms with E-state index in [1.165, 1.54) is 16.8 Å². The fraction of sp³-hybridized carbons (Fsp3) is 0.542. The summed E-state index contributed by atoms with van der Waals surface area (Å²) >= 11 is 0. The van der Waals surface area contributed by atoms with Crippen LogP contribution in [0.2, 0.25) is 0 Å². The summed E-state index contributed by atoms with van der Waals surface area (Å²) in [5, 5.41) is 15.7. The highest BCUT2D eigenvalue weighted by molar-refractivity contribution is 5.92. The van der Waals surface area contributed by atoms with Gasteiger partial charge in [-0.05, 0) is 45.6 Å². The van der Waals surface area contributed by atoms with Crippen molar-refractivity contribution < 1.29 is 14.5 Å². The molecular formula is C24H31N5O5. The summed E-state index contributed by atoms with van der Waals surface area (Å²) in [5.41, 5.74) is -0.197. The SMILES string of the molecule is Cc1cc(=O)c(C(=O)N2CCC(CN3CC(C)OC(C)C3)CC2)nn1-c1ccccc1[N+](=O)[O-]. The van der Waals surface area contributed by atoms with Crippen LogP contribution in [0.4, 0.5) is 5.69 Å². The molecule has 4 rings (SSSR count). The van der Waals surface area contributed by atoms with Gasteiger partial charge in [-0.1, -0.05) is 12.1 Å². The number of hydrogen-bond acceptors (Lipinski definition) is 7. The summed E-state index contributed by atoms with van der Waals surface area (Å²) in [4.78, 5) is 40.9. The number of carbonyl (C=O) groups is 1. The molecule has 2 aliphatic rings. The molecule has 0 bridgehead atoms. The molecule has 2 unspecified atom stereocenters. The number of rotatable bonds is 5. The van der Waals surface area contributed by atoms with Crippen molar-refractivity contribution in [2.24, 2.45) is 5.92 Å². The van der Waals surface area contributed by atoms with Gasteiger partial charge in [0.05, 0.1) is 17.1 Å². The first-order valence-electron chi connectivity index (χ1n) is 11.7. The van der Waals surface area contributed by atoms with Crippen LogP contribution in [0.15, 0.2) is 35.1 Å². The zero-order valence-electron chi connectivity index (χ0n) is 19.8. The molecule has 0 N–H and O–H groups in total. The minimum absolute atomic E-state index is 0.146. The van der Waals surface area contributed by atoms with Crippen molar-refractivity contribution in [3.05, 3.63) is 62.1 Å². The standard InChI is InChI=1S/C24H31N5O5/c1-16-12-22(30)23(25-28(16)20-6-4-5-7-21(20)29(32)33)24(31)27-10-8-19(9-11-27)15-26-13-17(2)34-18(3)14-26/h4-7,12,17-19H,8-11,13-15H2,1-3H3. The monoisotopic (exact) mass is 469 g/mol. The van der Waals surface area contributed by atoms with Crippen LogP contribution in [0.5, 0.6) is 0 Å². The summed E-state index contributed by atoms with van der Waals surface area (Å²) in [6, 6.07) is 7.45. The Hall–Kier alpha value is -3.11. The zero-order valence-corrected chi connectivity index (χ0v) is 19.8. The van der Waals surface area contributed by atoms with Crippen LogP contribution in [-0.4, -0.2) is 75.3 Å². The van der Waals surface area contributed by atoms with Crippen molar-refractivity contribution in [2.75, 3.05) is 32.7 Å². The summed E-state index contributed by atoms with van der Waals surface area (Å²) in [6.45, 7) is 9.75. The highest BCUT2D eigenvalue weighted by Gasteiger charge is 2.30. The van der Waals surface area contributed by atoms with E-state index < -0.39 is 16.3 Å². The van der Waals surface area contributed by atoms with Crippen molar-refractivity contribution in [1.82, 2.24) is 19.6 Å². The molecule has 1 aromatic carbocycles. The Morgan fingerprint density at radius 3 is 2.47 bits per heavy atom. The average Bonchev–Trinajstić information content (AvgIpc) is 2.78. The first-order valence-corrected chi connectivity index (χ1v) is 11.7. The van der Waals surface area contributed by atoms with Crippen molar-refractivity contribution in [3.8, 4) is 5.69 Å². The van der Waals surface area contributed by atoms with Gasteiger partial charge in [0.25, 0.3) is 11.6 Å². The van der Waals surface area contributed by atoms with Gasteiger partial charge in [-0.15, -0.1) is 0 Å². The number of piperidine rings is 1. The van der Waals surface area contributed by atoms with E-state index in [1.54, 1.807) is 30.0 Å². The second kappa shape index (κ2) is 10.0. The number of aryl methyl sites for hydroxylation is 1. The van der Waals surface area contributed by atoms with Gasteiger partial charge in [-0.3, -0.25) is 24.6 Å². The normalized spacial score (nSPS) is 22.0. The molecule has 2 aromatic rings. The van der Waals surface area contributed by atoms with E-state index in [0.717, 1.165) is 32.5 Å². The van der Waals surface area contributed by atoms with Gasteiger partial charge in [0, 0.05) is 50.6 Å². The van der Waals surface area contributed by atoms with Gasteiger partial charge in [0.1, 0.15) is 5.69 Å². The second-order valence-electron chi connectivity index (χ2n) is 9.37. The summed E-state index contributed by atoms with van der Waals surface area (Å²) in [6.07, 6.45) is 2.16. The quantitative estimate of drug-likeness (QED) is 0.488. The number of hydrogen-bond donors (Lipinski definition) is 0. The maximum Gasteiger partial charge on any atom is 0.294 e. The average molecular weight is 470 g/mol. The maximum atomic E-state index is 13.2. The number of amides is 1. The molecule has 2 aliphatic heterocycles. The molecule has 0 radical (unpaired) electrons. The molecule has 2 fully saturated rings. The van der Waals surface area contributed by atoms with Gasteiger partial charge >= 0.3 is 0 Å². The van der Waals surface area contributed by atoms with Gasteiger partial charge in [0.2, 0.25) is 5.43 Å². The third-order valence-corrected chi connectivity index (χ3v) is 6.53. The van der Waals surface area contributed by atoms with Crippen molar-refractivity contribution in [2.45, 2.75) is 45.8 Å². The largest absolute Gasteiger partial charge is 0.373 e. The first-order chi connectivity index (χ1) is 16.2. The van der Waals surface area contributed by atoms with E-state index in [0.29, 0.717) is 24.7 Å². The van der Waals surface area contributed by atoms with Gasteiger partial charge < -0.3 is 9.64 Å². The van der Waals surface area contributed by atoms with E-state index in [4.69, 9.17) is 4.74 Å². The molecule has 0 aliphatic carbocycles. The number of nitro benzene ring substituents is 1. The molecule has 3 heterocycles. The predicted octanol–water partition coefficient (Wildman–Crippen LogP) is 2.41. The Morgan fingerprint density at radius 1 is 1.18 bits per heavy atom. The number of likely N-dealkylation sites (tertiary alicyclic amines) is 1. The summed E-state index contributed by atoms with van der Waals surface area (Å²) in [5.74, 6) is 0.0561. The van der Waals surface area contributed by atoms with Crippen LogP contribution in [0.25, 0.3) is 5.69 Å². The van der Waals surface area contributed by atoms with E-state index in [-0.39, 0.29) is 29.3 Å². The minimum atomic E-state index is -0.503. The molecule has 1 amide bonds. The second-order valence-corrected chi connectivity index (χ2v) is 9.37. The third kappa shape index (κ3) is 5.18. The molecular weight excluding hydrogens is 438 g/mol. The Morgan fingerprint density at radius 2 is 1.82 bits per heavy atom. The van der Waals surface area contributed by atoms with E-state index in [2.05, 4.69) is 23.8 Å². The Bertz CT molecular complexity index is 1110. The summed E-state index contributed by atoms with van der Waals surface area (Å²) in [7, 11) is 0. The van der Waals surface area contributed by atoms with Crippen molar-refractivity contribution >= 4 is 11.6 Å². The lowest BCUT2D eigenvalue weighted by molar-refractivity contribution is -0.384. The number of benzene rings is 1. The van der Waals surface area contributed by atoms with Crippen LogP contribution in [-0.2, 0) is 4.74 Å². The molecule has 10 nitrogen and oxygen atoms in total. The number of morpholine rings is 1. The van der Waals surface area contributed by atoms with Crippen LogP contribution in [0, 0.1) is 23.0 Å². The van der Waals surface area contributed by atoms with Gasteiger partial charge in [-0.2, -0.15) is 5.10 Å². The molecule has 182 valence electrons. The van der Waals surface area contributed by atoms with Crippen LogP contribution < -0.4 is 5.43 Å². The Balaban J connectivity index is 1.47. The lowest BCUT2D eigenvalue weighted by atomic mass is 9.95. The van der Waals surface area contributed by atoms with E-state index in [1.807, 2.05) is 0 Å². The summed E-state index contributed by atoms with van der Waals surface area (Å²) < 4.78 is 7.12. The van der Waals surface area contributed by atoms with Gasteiger partial charge in [0.15, 0.2) is 5.69 Å². The molecule has 1 aromatic heterocycles. The lowest BCUT2D eigenvalue weighted by Gasteiger charge is -2.39. The van der Waals surface area contributed by atoms with Gasteiger partial charge in [-0.25, -0.2) is 4.68 Å². The van der Waals surface area contributed by atoms with Crippen LogP contribution in [0.3, 0.4) is 0 Å². The number of nitro groups is 1. The van der Waals surface area contributed by atoms with Crippen LogP contribution in [0.1, 0.15) is 42.9 Å². The highest BCUT2D eigenvalue weighted by Crippen LogP contribution is 2.24.